The molecule has 5 nitrogen and oxygen atoms in total. The Kier molecular flexibility index (Phi) is 2.88. The molecule has 0 aliphatic carbocycles. The molecule has 1 rings (SSSR count). The Bertz CT molecular complexity index is 189. The number of halogens is 1. The number of rotatable bonds is 1. The first-order chi connectivity index (χ1) is 5.63. The third kappa shape index (κ3) is 1.86. The Morgan fingerprint density at radius 2 is 2.25 bits per heavy atom. The number of hydrogen-bond donors (Lipinski definition) is 2. The summed E-state index contributed by atoms with van der Waals surface area (Å²) in [5.74, 6) is 0. The summed E-state index contributed by atoms with van der Waals surface area (Å²) in [4.78, 5) is 21.8. The number of nitrogens with one attached hydrogen (secondary N) is 1. The number of carboxylic acid groups (broad SMARTS) is 1. The maximum absolute atomic E-state index is 10.7. The first kappa shape index (κ1) is 9.28. The van der Waals surface area contributed by atoms with Gasteiger partial charge in [0, 0.05) is 6.54 Å². The van der Waals surface area contributed by atoms with Crippen LogP contribution in [-0.4, -0.2) is 40.6 Å². The molecule has 1 aliphatic heterocycles. The SMILES string of the molecule is O=C(O)N(C(=O)Cl)C1CCNC1. The molecule has 0 aromatic heterocycles. The van der Waals surface area contributed by atoms with Crippen molar-refractivity contribution in [2.75, 3.05) is 13.1 Å². The molecule has 0 aromatic rings. The van der Waals surface area contributed by atoms with E-state index in [0.717, 1.165) is 6.54 Å². The molecule has 1 aliphatic rings. The Hall–Kier alpha value is -0.810. The number of hydrogen-bond acceptors (Lipinski definition) is 3. The largest absolute Gasteiger partial charge is 0.465 e. The molecule has 1 saturated heterocycles. The van der Waals surface area contributed by atoms with Gasteiger partial charge >= 0.3 is 11.5 Å². The quantitative estimate of drug-likeness (QED) is 0.474. The second-order valence-electron chi connectivity index (χ2n) is 2.55. The van der Waals surface area contributed by atoms with Crippen LogP contribution in [-0.2, 0) is 0 Å². The average Bonchev–Trinajstić information content (AvgIpc) is 2.37. The van der Waals surface area contributed by atoms with Gasteiger partial charge in [-0.05, 0) is 24.6 Å². The van der Waals surface area contributed by atoms with Gasteiger partial charge in [-0.2, -0.15) is 0 Å². The van der Waals surface area contributed by atoms with Gasteiger partial charge < -0.3 is 10.4 Å². The Labute approximate surface area is 74.3 Å². The van der Waals surface area contributed by atoms with Gasteiger partial charge in [0.25, 0.3) is 0 Å². The minimum Gasteiger partial charge on any atom is -0.465 e. The van der Waals surface area contributed by atoms with E-state index >= 15 is 0 Å². The van der Waals surface area contributed by atoms with E-state index in [4.69, 9.17) is 16.7 Å². The molecule has 1 unspecified atom stereocenters. The molecule has 0 spiro atoms. The molecule has 12 heavy (non-hydrogen) atoms. The van der Waals surface area contributed by atoms with Gasteiger partial charge in [-0.1, -0.05) is 0 Å². The maximum atomic E-state index is 10.7. The number of carbonyl (C=O) groups is 2. The topological polar surface area (TPSA) is 69.6 Å². The molecular weight excluding hydrogens is 184 g/mol. The second kappa shape index (κ2) is 3.73. The summed E-state index contributed by atoms with van der Waals surface area (Å²) < 4.78 is 0. The summed E-state index contributed by atoms with van der Waals surface area (Å²) in [6.45, 7) is 1.21. The molecule has 6 heteroatoms. The summed E-state index contributed by atoms with van der Waals surface area (Å²) in [5, 5.41) is 10.6. The smallest absolute Gasteiger partial charge is 0.415 e. The summed E-state index contributed by atoms with van der Waals surface area (Å²) in [6, 6.07) is -0.313. The summed E-state index contributed by atoms with van der Waals surface area (Å²) in [5.41, 5.74) is 0. The van der Waals surface area contributed by atoms with Gasteiger partial charge in [0.1, 0.15) is 0 Å². The van der Waals surface area contributed by atoms with Crippen molar-refractivity contribution in [3.8, 4) is 0 Å². The highest BCUT2D eigenvalue weighted by atomic mass is 35.5. The highest BCUT2D eigenvalue weighted by Gasteiger charge is 2.30. The van der Waals surface area contributed by atoms with Gasteiger partial charge in [-0.15, -0.1) is 0 Å². The van der Waals surface area contributed by atoms with Crippen LogP contribution in [0.1, 0.15) is 6.42 Å². The van der Waals surface area contributed by atoms with Crippen molar-refractivity contribution in [1.29, 1.82) is 0 Å². The van der Waals surface area contributed by atoms with Crippen LogP contribution in [0.25, 0.3) is 0 Å². The van der Waals surface area contributed by atoms with Crippen LogP contribution < -0.4 is 5.32 Å². The molecule has 2 N–H and O–H groups in total. The lowest BCUT2D eigenvalue weighted by molar-refractivity contribution is 0.143. The van der Waals surface area contributed by atoms with Crippen LogP contribution >= 0.6 is 11.6 Å². The predicted octanol–water partition coefficient (Wildman–Crippen LogP) is 0.687. The number of imide groups is 1. The van der Waals surface area contributed by atoms with Crippen LogP contribution in [0.5, 0.6) is 0 Å². The molecule has 1 atom stereocenters. The molecule has 0 saturated carbocycles. The van der Waals surface area contributed by atoms with E-state index in [0.29, 0.717) is 17.9 Å². The van der Waals surface area contributed by atoms with Crippen LogP contribution in [0.2, 0.25) is 0 Å². The highest BCUT2D eigenvalue weighted by molar-refractivity contribution is 6.63. The van der Waals surface area contributed by atoms with Crippen molar-refractivity contribution in [3.63, 3.8) is 0 Å². The molecule has 2 amide bonds. The second-order valence-corrected chi connectivity index (χ2v) is 2.88. The zero-order valence-electron chi connectivity index (χ0n) is 6.29. The number of carbonyl (C=O) groups excluding carboxylic acids is 1. The fraction of sp³-hybridized carbons (Fsp3) is 0.667. The zero-order chi connectivity index (χ0) is 9.14. The van der Waals surface area contributed by atoms with E-state index in [1.807, 2.05) is 0 Å². The van der Waals surface area contributed by atoms with Crippen molar-refractivity contribution >= 4 is 23.1 Å². The Balaban J connectivity index is 2.64. The fourth-order valence-electron chi connectivity index (χ4n) is 1.23. The first-order valence-corrected chi connectivity index (χ1v) is 3.93. The Morgan fingerprint density at radius 1 is 1.58 bits per heavy atom. The number of amides is 2. The monoisotopic (exact) mass is 192 g/mol. The zero-order valence-corrected chi connectivity index (χ0v) is 7.04. The normalized spacial score (nSPS) is 22.2. The van der Waals surface area contributed by atoms with Crippen LogP contribution in [0.4, 0.5) is 9.59 Å². The lowest BCUT2D eigenvalue weighted by atomic mass is 10.2. The molecule has 0 aromatic carbocycles. The minimum atomic E-state index is -1.29. The minimum absolute atomic E-state index is 0.313. The molecule has 0 radical (unpaired) electrons. The number of nitrogens with zero attached hydrogens (tertiary/aromatic N) is 1. The molecule has 1 heterocycles. The van der Waals surface area contributed by atoms with E-state index < -0.39 is 11.5 Å². The lowest BCUT2D eigenvalue weighted by Crippen LogP contribution is -2.42. The van der Waals surface area contributed by atoms with Gasteiger partial charge in [0.2, 0.25) is 0 Å². The summed E-state index contributed by atoms with van der Waals surface area (Å²) >= 11 is 5.10. The van der Waals surface area contributed by atoms with Crippen molar-refractivity contribution < 1.29 is 14.7 Å². The highest BCUT2D eigenvalue weighted by Crippen LogP contribution is 2.11. The first-order valence-electron chi connectivity index (χ1n) is 3.55. The van der Waals surface area contributed by atoms with Gasteiger partial charge in [0.05, 0.1) is 6.04 Å². The van der Waals surface area contributed by atoms with E-state index in [9.17, 15) is 9.59 Å². The van der Waals surface area contributed by atoms with Crippen molar-refractivity contribution in [2.45, 2.75) is 12.5 Å². The standard InChI is InChI=1S/C6H9ClN2O3/c7-5(10)9(6(11)12)4-1-2-8-3-4/h4,8H,1-3H2,(H,11,12). The van der Waals surface area contributed by atoms with Crippen molar-refractivity contribution in [3.05, 3.63) is 0 Å². The van der Waals surface area contributed by atoms with Gasteiger partial charge in [-0.3, -0.25) is 4.79 Å². The van der Waals surface area contributed by atoms with E-state index in [1.165, 1.54) is 0 Å². The molecule has 1 fully saturated rings. The summed E-state index contributed by atoms with van der Waals surface area (Å²) in [6.07, 6.45) is -0.659. The van der Waals surface area contributed by atoms with Crippen LogP contribution in [0, 0.1) is 0 Å². The van der Waals surface area contributed by atoms with E-state index in [1.54, 1.807) is 0 Å². The van der Waals surface area contributed by atoms with Crippen LogP contribution in [0.3, 0.4) is 0 Å². The summed E-state index contributed by atoms with van der Waals surface area (Å²) in [7, 11) is 0. The van der Waals surface area contributed by atoms with Gasteiger partial charge in [0.15, 0.2) is 0 Å². The average molecular weight is 193 g/mol. The fourth-order valence-corrected chi connectivity index (χ4v) is 1.45. The third-order valence-electron chi connectivity index (χ3n) is 1.79. The Morgan fingerprint density at radius 3 is 2.58 bits per heavy atom. The maximum Gasteiger partial charge on any atom is 0.415 e. The van der Waals surface area contributed by atoms with E-state index in [2.05, 4.69) is 5.32 Å². The van der Waals surface area contributed by atoms with E-state index in [-0.39, 0.29) is 6.04 Å². The molecule has 0 bridgehead atoms. The predicted molar refractivity (Wildman–Crippen MR) is 42.4 cm³/mol. The molecular formula is C6H9ClN2O3. The van der Waals surface area contributed by atoms with Crippen molar-refractivity contribution in [2.24, 2.45) is 0 Å². The third-order valence-corrected chi connectivity index (χ3v) is 1.98. The lowest BCUT2D eigenvalue weighted by Gasteiger charge is -2.19. The van der Waals surface area contributed by atoms with Crippen molar-refractivity contribution in [1.82, 2.24) is 10.2 Å². The van der Waals surface area contributed by atoms with Gasteiger partial charge in [-0.25, -0.2) is 9.69 Å². The molecule has 68 valence electrons. The van der Waals surface area contributed by atoms with Crippen LogP contribution in [0.15, 0.2) is 0 Å².